The van der Waals surface area contributed by atoms with Crippen molar-refractivity contribution in [2.45, 2.75) is 39.7 Å². The van der Waals surface area contributed by atoms with Crippen molar-refractivity contribution in [3.63, 3.8) is 0 Å². The average Bonchev–Trinajstić information content (AvgIpc) is 2.96. The number of anilines is 2. The monoisotopic (exact) mass is 275 g/mol. The Morgan fingerprint density at radius 2 is 1.90 bits per heavy atom. The normalized spacial score (nSPS) is 10.5. The third-order valence-electron chi connectivity index (χ3n) is 2.74. The molecule has 0 radical (unpaired) electrons. The second kappa shape index (κ2) is 7.47. The van der Waals surface area contributed by atoms with Crippen LogP contribution in [-0.2, 0) is 13.0 Å². The second-order valence-corrected chi connectivity index (χ2v) is 4.56. The summed E-state index contributed by atoms with van der Waals surface area (Å²) < 4.78 is 5.06. The summed E-state index contributed by atoms with van der Waals surface area (Å²) >= 11 is 0. The van der Waals surface area contributed by atoms with Crippen LogP contribution >= 0.6 is 0 Å². The molecule has 0 atom stereocenters. The number of hydrogen-bond donors (Lipinski definition) is 2. The lowest BCUT2D eigenvalue weighted by molar-refractivity contribution is 0.388. The minimum absolute atomic E-state index is 0.565. The van der Waals surface area contributed by atoms with Gasteiger partial charge in [0.1, 0.15) is 17.5 Å². The van der Waals surface area contributed by atoms with Gasteiger partial charge in [0, 0.05) is 25.1 Å². The summed E-state index contributed by atoms with van der Waals surface area (Å²) in [5.41, 5.74) is 0. The van der Waals surface area contributed by atoms with Crippen LogP contribution in [0, 0.1) is 0 Å². The highest BCUT2D eigenvalue weighted by molar-refractivity contribution is 5.47. The number of nitrogens with zero attached hydrogens (tertiary/aromatic N) is 3. The number of aryl methyl sites for hydroxylation is 1. The zero-order chi connectivity index (χ0) is 14.2. The van der Waals surface area contributed by atoms with E-state index in [0.717, 1.165) is 49.0 Å². The van der Waals surface area contributed by atoms with Gasteiger partial charge in [-0.25, -0.2) is 9.97 Å². The molecule has 6 heteroatoms. The predicted octanol–water partition coefficient (Wildman–Crippen LogP) is 2.85. The second-order valence-electron chi connectivity index (χ2n) is 4.56. The van der Waals surface area contributed by atoms with Gasteiger partial charge in [-0.05, 0) is 12.8 Å². The molecule has 2 N–H and O–H groups in total. The fourth-order valence-corrected chi connectivity index (χ4v) is 1.78. The molecule has 2 aromatic rings. The number of rotatable bonds is 8. The minimum Gasteiger partial charge on any atom is -0.370 e. The van der Waals surface area contributed by atoms with Crippen LogP contribution in [0.2, 0.25) is 0 Å². The van der Waals surface area contributed by atoms with Crippen LogP contribution in [0.25, 0.3) is 0 Å². The van der Waals surface area contributed by atoms with E-state index < -0.39 is 0 Å². The van der Waals surface area contributed by atoms with Crippen molar-refractivity contribution in [1.29, 1.82) is 0 Å². The summed E-state index contributed by atoms with van der Waals surface area (Å²) in [6.07, 6.45) is 4.60. The van der Waals surface area contributed by atoms with Gasteiger partial charge in [0.25, 0.3) is 0 Å². The number of aromatic nitrogens is 3. The van der Waals surface area contributed by atoms with Crippen molar-refractivity contribution in [3.8, 4) is 0 Å². The molecule has 0 amide bonds. The van der Waals surface area contributed by atoms with Crippen LogP contribution in [0.15, 0.2) is 22.9 Å². The quantitative estimate of drug-likeness (QED) is 0.771. The predicted molar refractivity (Wildman–Crippen MR) is 78.6 cm³/mol. The summed E-state index contributed by atoms with van der Waals surface area (Å²) in [5, 5.41) is 10.2. The van der Waals surface area contributed by atoms with Gasteiger partial charge in [-0.1, -0.05) is 19.0 Å². The highest BCUT2D eigenvalue weighted by Crippen LogP contribution is 2.13. The van der Waals surface area contributed by atoms with E-state index in [4.69, 9.17) is 4.52 Å². The molecule has 0 saturated carbocycles. The summed E-state index contributed by atoms with van der Waals surface area (Å²) in [7, 11) is 0. The molecule has 2 heterocycles. The molecule has 6 nitrogen and oxygen atoms in total. The lowest BCUT2D eigenvalue weighted by Crippen LogP contribution is -2.08. The van der Waals surface area contributed by atoms with Crippen molar-refractivity contribution in [2.75, 3.05) is 17.2 Å². The maximum atomic E-state index is 5.06. The van der Waals surface area contributed by atoms with Gasteiger partial charge in [0.2, 0.25) is 0 Å². The molecular formula is C14H21N5O. The highest BCUT2D eigenvalue weighted by Gasteiger charge is 2.05. The molecule has 0 aliphatic carbocycles. The Hall–Kier alpha value is -2.11. The third-order valence-corrected chi connectivity index (χ3v) is 2.74. The summed E-state index contributed by atoms with van der Waals surface area (Å²) in [6.45, 7) is 5.72. The van der Waals surface area contributed by atoms with E-state index in [0.29, 0.717) is 6.54 Å². The van der Waals surface area contributed by atoms with E-state index in [2.05, 4.69) is 39.6 Å². The van der Waals surface area contributed by atoms with Gasteiger partial charge in [0.05, 0.1) is 12.7 Å². The Morgan fingerprint density at radius 3 is 2.55 bits per heavy atom. The van der Waals surface area contributed by atoms with Gasteiger partial charge in [0.15, 0.2) is 5.76 Å². The molecule has 2 aromatic heterocycles. The van der Waals surface area contributed by atoms with Crippen LogP contribution in [0.5, 0.6) is 0 Å². The zero-order valence-electron chi connectivity index (χ0n) is 12.0. The summed E-state index contributed by atoms with van der Waals surface area (Å²) in [6, 6.07) is 3.75. The van der Waals surface area contributed by atoms with E-state index in [1.165, 1.54) is 0 Å². The maximum absolute atomic E-state index is 5.06. The van der Waals surface area contributed by atoms with E-state index in [1.54, 1.807) is 6.20 Å². The van der Waals surface area contributed by atoms with Crippen molar-refractivity contribution in [3.05, 3.63) is 29.9 Å². The third kappa shape index (κ3) is 4.22. The Kier molecular flexibility index (Phi) is 5.34. The molecule has 108 valence electrons. The van der Waals surface area contributed by atoms with Gasteiger partial charge >= 0.3 is 0 Å². The van der Waals surface area contributed by atoms with E-state index >= 15 is 0 Å². The lowest BCUT2D eigenvalue weighted by Gasteiger charge is -2.10. The first-order valence-electron chi connectivity index (χ1n) is 7.07. The van der Waals surface area contributed by atoms with E-state index in [9.17, 15) is 0 Å². The van der Waals surface area contributed by atoms with E-state index in [-0.39, 0.29) is 0 Å². The molecule has 0 aromatic carbocycles. The molecule has 0 unspecified atom stereocenters. The maximum Gasteiger partial charge on any atom is 0.155 e. The first-order chi connectivity index (χ1) is 9.81. The molecule has 20 heavy (non-hydrogen) atoms. The molecule has 0 aliphatic heterocycles. The van der Waals surface area contributed by atoms with Crippen LogP contribution in [0.4, 0.5) is 11.6 Å². The first-order valence-corrected chi connectivity index (χ1v) is 7.07. The summed E-state index contributed by atoms with van der Waals surface area (Å²) in [5.74, 6) is 3.31. The summed E-state index contributed by atoms with van der Waals surface area (Å²) in [4.78, 5) is 9.01. The molecule has 0 spiro atoms. The smallest absolute Gasteiger partial charge is 0.155 e. The molecular weight excluding hydrogens is 254 g/mol. The minimum atomic E-state index is 0.565. The Labute approximate surface area is 119 Å². The van der Waals surface area contributed by atoms with Crippen molar-refractivity contribution in [1.82, 2.24) is 15.1 Å². The Bertz CT molecular complexity index is 512. The van der Waals surface area contributed by atoms with Crippen LogP contribution < -0.4 is 10.6 Å². The fourth-order valence-electron chi connectivity index (χ4n) is 1.78. The molecule has 2 rings (SSSR count). The van der Waals surface area contributed by atoms with Gasteiger partial charge in [-0.15, -0.1) is 0 Å². The standard InChI is InChI=1S/C14H21N5O/c1-3-5-12-18-13(15-7-4-2)9-14(19-12)16-10-11-6-8-17-20-11/h6,8-9H,3-5,7,10H2,1-2H3,(H2,15,16,18,19). The molecule has 0 aliphatic rings. The van der Waals surface area contributed by atoms with Crippen LogP contribution in [0.1, 0.15) is 38.3 Å². The fraction of sp³-hybridized carbons (Fsp3) is 0.500. The largest absolute Gasteiger partial charge is 0.370 e. The molecule has 0 saturated heterocycles. The Morgan fingerprint density at radius 1 is 1.10 bits per heavy atom. The number of hydrogen-bond acceptors (Lipinski definition) is 6. The van der Waals surface area contributed by atoms with Crippen molar-refractivity contribution < 1.29 is 4.52 Å². The van der Waals surface area contributed by atoms with E-state index in [1.807, 2.05) is 12.1 Å². The first kappa shape index (κ1) is 14.3. The van der Waals surface area contributed by atoms with Gasteiger partial charge < -0.3 is 15.2 Å². The topological polar surface area (TPSA) is 75.9 Å². The van der Waals surface area contributed by atoms with Crippen molar-refractivity contribution in [2.24, 2.45) is 0 Å². The Balaban J connectivity index is 2.06. The van der Waals surface area contributed by atoms with Crippen molar-refractivity contribution >= 4 is 11.6 Å². The van der Waals surface area contributed by atoms with Gasteiger partial charge in [-0.3, -0.25) is 0 Å². The van der Waals surface area contributed by atoms with Crippen LogP contribution in [0.3, 0.4) is 0 Å². The highest BCUT2D eigenvalue weighted by atomic mass is 16.5. The average molecular weight is 275 g/mol. The lowest BCUT2D eigenvalue weighted by atomic mass is 10.3. The SMILES string of the molecule is CCCNc1cc(NCc2ccno2)nc(CCC)n1. The number of nitrogens with one attached hydrogen (secondary N) is 2. The van der Waals surface area contributed by atoms with Gasteiger partial charge in [-0.2, -0.15) is 0 Å². The zero-order valence-corrected chi connectivity index (χ0v) is 12.0. The molecule has 0 fully saturated rings. The molecule has 0 bridgehead atoms. The van der Waals surface area contributed by atoms with Crippen LogP contribution in [-0.4, -0.2) is 21.7 Å².